The lowest BCUT2D eigenvalue weighted by Gasteiger charge is -2.35. The Balaban J connectivity index is 1.40. The molecule has 9 heteroatoms. The lowest BCUT2D eigenvalue weighted by Crippen LogP contribution is -2.49. The lowest BCUT2D eigenvalue weighted by atomic mass is 10.2. The Morgan fingerprint density at radius 1 is 1.16 bits per heavy atom. The summed E-state index contributed by atoms with van der Waals surface area (Å²) in [6, 6.07) is 7.48. The third-order valence-corrected chi connectivity index (χ3v) is 5.14. The molecule has 3 aromatic heterocycles. The highest BCUT2D eigenvalue weighted by atomic mass is 16.5. The minimum absolute atomic E-state index is 0.0200. The van der Waals surface area contributed by atoms with Gasteiger partial charge in [0.2, 0.25) is 5.88 Å². The average molecular weight is 422 g/mol. The van der Waals surface area contributed by atoms with E-state index in [0.29, 0.717) is 50.3 Å². The second-order valence-corrected chi connectivity index (χ2v) is 7.98. The number of piperazine rings is 1. The molecule has 31 heavy (non-hydrogen) atoms. The van der Waals surface area contributed by atoms with Crippen LogP contribution in [0.1, 0.15) is 24.3 Å². The van der Waals surface area contributed by atoms with Gasteiger partial charge in [-0.15, -0.1) is 0 Å². The summed E-state index contributed by atoms with van der Waals surface area (Å²) >= 11 is 0. The fourth-order valence-electron chi connectivity index (χ4n) is 3.46. The molecule has 0 radical (unpaired) electrons. The second kappa shape index (κ2) is 9.11. The molecule has 9 nitrogen and oxygen atoms in total. The molecule has 4 rings (SSSR count). The van der Waals surface area contributed by atoms with Gasteiger partial charge in [0, 0.05) is 57.3 Å². The molecular formula is C22H27N7O2. The average Bonchev–Trinajstić information content (AvgIpc) is 3.20. The van der Waals surface area contributed by atoms with Gasteiger partial charge in [-0.25, -0.2) is 9.97 Å². The van der Waals surface area contributed by atoms with Gasteiger partial charge in [0.05, 0.1) is 12.3 Å². The molecule has 0 atom stereocenters. The number of hydrogen-bond donors (Lipinski definition) is 0. The highest BCUT2D eigenvalue weighted by molar-refractivity contribution is 5.94. The van der Waals surface area contributed by atoms with Crippen LogP contribution in [0.4, 0.5) is 5.82 Å². The van der Waals surface area contributed by atoms with Crippen LogP contribution in [0.15, 0.2) is 43.0 Å². The number of ether oxygens (including phenoxy) is 1. The van der Waals surface area contributed by atoms with Gasteiger partial charge in [-0.1, -0.05) is 13.8 Å². The van der Waals surface area contributed by atoms with Crippen molar-refractivity contribution in [1.82, 2.24) is 29.6 Å². The van der Waals surface area contributed by atoms with Crippen LogP contribution in [0, 0.1) is 5.92 Å². The van der Waals surface area contributed by atoms with Gasteiger partial charge in [-0.2, -0.15) is 5.10 Å². The topological polar surface area (TPSA) is 89.3 Å². The molecule has 1 fully saturated rings. The van der Waals surface area contributed by atoms with Crippen molar-refractivity contribution in [2.75, 3.05) is 37.7 Å². The molecule has 0 bridgehead atoms. The van der Waals surface area contributed by atoms with Crippen molar-refractivity contribution >= 4 is 11.7 Å². The molecule has 0 aromatic carbocycles. The summed E-state index contributed by atoms with van der Waals surface area (Å²) in [6.45, 7) is 7.42. The van der Waals surface area contributed by atoms with Crippen molar-refractivity contribution < 1.29 is 9.53 Å². The second-order valence-electron chi connectivity index (χ2n) is 7.98. The third kappa shape index (κ3) is 4.82. The number of carbonyl (C=O) groups excluding carboxylic acids is 1. The molecule has 1 saturated heterocycles. The number of nitrogens with zero attached hydrogens (tertiary/aromatic N) is 7. The fourth-order valence-corrected chi connectivity index (χ4v) is 3.46. The Kier molecular flexibility index (Phi) is 6.11. The molecule has 1 aliphatic rings. The van der Waals surface area contributed by atoms with Crippen molar-refractivity contribution in [3.63, 3.8) is 0 Å². The van der Waals surface area contributed by atoms with Gasteiger partial charge in [-0.05, 0) is 24.1 Å². The number of amides is 1. The predicted octanol–water partition coefficient (Wildman–Crippen LogP) is 2.27. The Labute approximate surface area is 181 Å². The monoisotopic (exact) mass is 421 g/mol. The van der Waals surface area contributed by atoms with Gasteiger partial charge in [0.25, 0.3) is 5.91 Å². The highest BCUT2D eigenvalue weighted by Gasteiger charge is 2.25. The van der Waals surface area contributed by atoms with Gasteiger partial charge in [0.1, 0.15) is 17.8 Å². The summed E-state index contributed by atoms with van der Waals surface area (Å²) < 4.78 is 7.35. The smallest absolute Gasteiger partial charge is 0.272 e. The Morgan fingerprint density at radius 2 is 1.97 bits per heavy atom. The fraction of sp³-hybridized carbons (Fsp3) is 0.409. The lowest BCUT2D eigenvalue weighted by molar-refractivity contribution is 0.0735. The minimum Gasteiger partial charge on any atom is -0.477 e. The van der Waals surface area contributed by atoms with E-state index in [1.165, 1.54) is 6.33 Å². The zero-order valence-corrected chi connectivity index (χ0v) is 18.1. The van der Waals surface area contributed by atoms with Gasteiger partial charge < -0.3 is 14.5 Å². The quantitative estimate of drug-likeness (QED) is 0.603. The maximum atomic E-state index is 13.1. The number of anilines is 1. The highest BCUT2D eigenvalue weighted by Crippen LogP contribution is 2.21. The summed E-state index contributed by atoms with van der Waals surface area (Å²) in [5.74, 6) is 1.81. The van der Waals surface area contributed by atoms with E-state index in [2.05, 4.69) is 38.8 Å². The van der Waals surface area contributed by atoms with E-state index in [-0.39, 0.29) is 5.91 Å². The molecule has 1 aliphatic heterocycles. The van der Waals surface area contributed by atoms with Crippen LogP contribution < -0.4 is 9.64 Å². The van der Waals surface area contributed by atoms with E-state index in [1.807, 2.05) is 29.2 Å². The number of rotatable bonds is 6. The van der Waals surface area contributed by atoms with E-state index in [1.54, 1.807) is 24.1 Å². The minimum atomic E-state index is -0.0200. The van der Waals surface area contributed by atoms with Crippen LogP contribution in [-0.4, -0.2) is 68.3 Å². The third-order valence-electron chi connectivity index (χ3n) is 5.14. The first-order chi connectivity index (χ1) is 15.0. The molecule has 3 aromatic rings. The molecule has 0 unspecified atom stereocenters. The molecule has 1 amide bonds. The molecule has 0 saturated carbocycles. The van der Waals surface area contributed by atoms with E-state index in [9.17, 15) is 4.79 Å². The Bertz CT molecular complexity index is 1030. The zero-order valence-electron chi connectivity index (χ0n) is 18.1. The van der Waals surface area contributed by atoms with Crippen molar-refractivity contribution in [3.05, 3.63) is 48.7 Å². The summed E-state index contributed by atoms with van der Waals surface area (Å²) in [4.78, 5) is 29.8. The maximum Gasteiger partial charge on any atom is 0.272 e. The summed E-state index contributed by atoms with van der Waals surface area (Å²) in [5, 5.41) is 4.49. The maximum absolute atomic E-state index is 13.1. The van der Waals surface area contributed by atoms with Crippen LogP contribution in [0.2, 0.25) is 0 Å². The number of aryl methyl sites for hydroxylation is 1. The number of carbonyl (C=O) groups is 1. The van der Waals surface area contributed by atoms with Crippen molar-refractivity contribution in [3.8, 4) is 17.1 Å². The molecule has 0 N–H and O–H groups in total. The first-order valence-corrected chi connectivity index (χ1v) is 10.4. The summed E-state index contributed by atoms with van der Waals surface area (Å²) in [5.41, 5.74) is 2.20. The molecule has 0 aliphatic carbocycles. The molecule has 4 heterocycles. The summed E-state index contributed by atoms with van der Waals surface area (Å²) in [7, 11) is 1.79. The van der Waals surface area contributed by atoms with Crippen LogP contribution in [0.25, 0.3) is 11.3 Å². The largest absolute Gasteiger partial charge is 0.477 e. The van der Waals surface area contributed by atoms with E-state index in [4.69, 9.17) is 4.74 Å². The van der Waals surface area contributed by atoms with Crippen LogP contribution in [0.5, 0.6) is 5.88 Å². The van der Waals surface area contributed by atoms with E-state index in [0.717, 1.165) is 17.1 Å². The van der Waals surface area contributed by atoms with Crippen LogP contribution in [0.3, 0.4) is 0 Å². The van der Waals surface area contributed by atoms with Crippen LogP contribution >= 0.6 is 0 Å². The number of aromatic nitrogens is 5. The Morgan fingerprint density at radius 3 is 2.68 bits per heavy atom. The van der Waals surface area contributed by atoms with Crippen molar-refractivity contribution in [2.45, 2.75) is 13.8 Å². The SMILES string of the molecule is CC(C)COc1cc(N2CCN(C(=O)c3cc(-c4cccnc4)nn3C)CC2)ncn1. The normalized spacial score (nSPS) is 14.2. The van der Waals surface area contributed by atoms with Gasteiger partial charge in [-0.3, -0.25) is 14.5 Å². The molecule has 0 spiro atoms. The van der Waals surface area contributed by atoms with Crippen molar-refractivity contribution in [2.24, 2.45) is 13.0 Å². The molecule has 162 valence electrons. The first kappa shape index (κ1) is 20.8. The first-order valence-electron chi connectivity index (χ1n) is 10.4. The summed E-state index contributed by atoms with van der Waals surface area (Å²) in [6.07, 6.45) is 4.99. The standard InChI is InChI=1S/C22H27N7O2/c1-16(2)14-31-21-12-20(24-15-25-21)28-7-9-29(10-8-28)22(30)19-11-18(26-27(19)3)17-5-4-6-23-13-17/h4-6,11-13,15-16H,7-10,14H2,1-3H3. The van der Waals surface area contributed by atoms with E-state index < -0.39 is 0 Å². The van der Waals surface area contributed by atoms with Gasteiger partial charge >= 0.3 is 0 Å². The number of pyridine rings is 1. The zero-order chi connectivity index (χ0) is 21.8. The number of hydrogen-bond acceptors (Lipinski definition) is 7. The van der Waals surface area contributed by atoms with Crippen molar-refractivity contribution in [1.29, 1.82) is 0 Å². The van der Waals surface area contributed by atoms with E-state index >= 15 is 0 Å². The Hall–Kier alpha value is -3.49. The van der Waals surface area contributed by atoms with Gasteiger partial charge in [0.15, 0.2) is 0 Å². The predicted molar refractivity (Wildman–Crippen MR) is 117 cm³/mol. The van der Waals surface area contributed by atoms with Crippen LogP contribution in [-0.2, 0) is 7.05 Å². The molecular weight excluding hydrogens is 394 g/mol.